The largest absolute Gasteiger partial charge is 0.494 e. The Kier molecular flexibility index (Phi) is 5.06. The molecule has 0 aliphatic rings. The maximum absolute atomic E-state index is 13.9. The van der Waals surface area contributed by atoms with Gasteiger partial charge in [0.2, 0.25) is 0 Å². The molecule has 0 atom stereocenters. The summed E-state index contributed by atoms with van der Waals surface area (Å²) in [6.45, 7) is 0.268. The molecule has 0 unspecified atom stereocenters. The van der Waals surface area contributed by atoms with Crippen LogP contribution in [0.15, 0.2) is 59.7 Å². The zero-order valence-corrected chi connectivity index (χ0v) is 17.3. The fourth-order valence-corrected chi connectivity index (χ4v) is 3.45. The van der Waals surface area contributed by atoms with Gasteiger partial charge in [0.15, 0.2) is 11.6 Å². The average Bonchev–Trinajstić information content (AvgIpc) is 3.31. The molecule has 0 radical (unpaired) electrons. The summed E-state index contributed by atoms with van der Waals surface area (Å²) in [5.74, 6) is -0.668. The van der Waals surface area contributed by atoms with Gasteiger partial charge in [-0.15, -0.1) is 0 Å². The predicted octanol–water partition coefficient (Wildman–Crippen LogP) is 3.83. The number of anilines is 1. The first-order valence-corrected chi connectivity index (χ1v) is 9.51. The molecular formula is C20H17BrFN5O2. The Morgan fingerprint density at radius 2 is 2.07 bits per heavy atom. The minimum atomic E-state index is -0.492. The van der Waals surface area contributed by atoms with Crippen molar-refractivity contribution in [1.29, 1.82) is 0 Å². The van der Waals surface area contributed by atoms with E-state index in [0.29, 0.717) is 11.3 Å². The molecule has 0 bridgehead atoms. The second-order valence-corrected chi connectivity index (χ2v) is 7.27. The molecule has 0 N–H and O–H groups in total. The second-order valence-electron chi connectivity index (χ2n) is 6.46. The lowest BCUT2D eigenvalue weighted by Gasteiger charge is -2.23. The van der Waals surface area contributed by atoms with Gasteiger partial charge in [-0.2, -0.15) is 5.10 Å². The number of aromatic nitrogens is 4. The highest BCUT2D eigenvalue weighted by molar-refractivity contribution is 9.10. The van der Waals surface area contributed by atoms with E-state index in [0.717, 1.165) is 15.8 Å². The van der Waals surface area contributed by atoms with E-state index < -0.39 is 5.82 Å². The molecule has 1 amide bonds. The maximum atomic E-state index is 13.9. The molecule has 29 heavy (non-hydrogen) atoms. The SMILES string of the molecule is COc1cc(N(Cc2cnn(C)c2)C(=O)c2ccc3ncc(Br)n3c2)ccc1F. The number of halogens is 2. The van der Waals surface area contributed by atoms with Crippen molar-refractivity contribution in [3.63, 3.8) is 0 Å². The van der Waals surface area contributed by atoms with Crippen molar-refractivity contribution in [2.45, 2.75) is 6.54 Å². The second kappa shape index (κ2) is 7.67. The van der Waals surface area contributed by atoms with Crippen LogP contribution in [-0.2, 0) is 13.6 Å². The van der Waals surface area contributed by atoms with Gasteiger partial charge >= 0.3 is 0 Å². The summed E-state index contributed by atoms with van der Waals surface area (Å²) < 4.78 is 23.2. The van der Waals surface area contributed by atoms with E-state index in [2.05, 4.69) is 26.0 Å². The van der Waals surface area contributed by atoms with Crippen LogP contribution in [0.1, 0.15) is 15.9 Å². The molecule has 0 aliphatic carbocycles. The van der Waals surface area contributed by atoms with Crippen molar-refractivity contribution in [1.82, 2.24) is 19.2 Å². The van der Waals surface area contributed by atoms with Crippen LogP contribution >= 0.6 is 15.9 Å². The van der Waals surface area contributed by atoms with Gasteiger partial charge in [-0.25, -0.2) is 9.37 Å². The third-order valence-electron chi connectivity index (χ3n) is 4.50. The number of carbonyl (C=O) groups is 1. The molecule has 0 fully saturated rings. The fraction of sp³-hybridized carbons (Fsp3) is 0.150. The molecule has 0 aliphatic heterocycles. The Balaban J connectivity index is 1.77. The first-order chi connectivity index (χ1) is 14.0. The topological polar surface area (TPSA) is 64.7 Å². The van der Waals surface area contributed by atoms with Crippen molar-refractivity contribution >= 4 is 33.2 Å². The number of rotatable bonds is 5. The monoisotopic (exact) mass is 457 g/mol. The van der Waals surface area contributed by atoms with Crippen molar-refractivity contribution in [2.24, 2.45) is 7.05 Å². The van der Waals surface area contributed by atoms with Crippen LogP contribution in [0.3, 0.4) is 0 Å². The summed E-state index contributed by atoms with van der Waals surface area (Å²) >= 11 is 3.42. The molecular weight excluding hydrogens is 441 g/mol. The highest BCUT2D eigenvalue weighted by Gasteiger charge is 2.21. The molecule has 0 saturated carbocycles. The Morgan fingerprint density at radius 1 is 1.24 bits per heavy atom. The highest BCUT2D eigenvalue weighted by atomic mass is 79.9. The number of imidazole rings is 1. The van der Waals surface area contributed by atoms with Gasteiger partial charge in [0.1, 0.15) is 10.3 Å². The van der Waals surface area contributed by atoms with Crippen molar-refractivity contribution in [3.05, 3.63) is 76.7 Å². The minimum Gasteiger partial charge on any atom is -0.494 e. The van der Waals surface area contributed by atoms with E-state index in [1.807, 2.05) is 6.20 Å². The molecule has 3 aromatic heterocycles. The maximum Gasteiger partial charge on any atom is 0.260 e. The van der Waals surface area contributed by atoms with Crippen molar-refractivity contribution in [3.8, 4) is 5.75 Å². The lowest BCUT2D eigenvalue weighted by atomic mass is 10.2. The van der Waals surface area contributed by atoms with Gasteiger partial charge in [-0.1, -0.05) is 0 Å². The number of hydrogen-bond acceptors (Lipinski definition) is 4. The summed E-state index contributed by atoms with van der Waals surface area (Å²) in [6, 6.07) is 7.83. The molecule has 148 valence electrons. The smallest absolute Gasteiger partial charge is 0.260 e. The van der Waals surface area contributed by atoms with E-state index in [1.54, 1.807) is 57.8 Å². The van der Waals surface area contributed by atoms with Crippen molar-refractivity contribution < 1.29 is 13.9 Å². The Bertz CT molecular complexity index is 1200. The summed E-state index contributed by atoms with van der Waals surface area (Å²) in [4.78, 5) is 19.2. The van der Waals surface area contributed by atoms with E-state index in [-0.39, 0.29) is 18.2 Å². The molecule has 4 aromatic rings. The molecule has 0 saturated heterocycles. The number of pyridine rings is 1. The quantitative estimate of drug-likeness (QED) is 0.456. The van der Waals surface area contributed by atoms with E-state index in [9.17, 15) is 9.18 Å². The van der Waals surface area contributed by atoms with Gasteiger partial charge in [-0.05, 0) is 40.2 Å². The summed E-state index contributed by atoms with van der Waals surface area (Å²) in [5, 5.41) is 4.16. The molecule has 7 nitrogen and oxygen atoms in total. The molecule has 4 rings (SSSR count). The normalized spacial score (nSPS) is 11.0. The highest BCUT2D eigenvalue weighted by Crippen LogP contribution is 2.27. The lowest BCUT2D eigenvalue weighted by Crippen LogP contribution is -2.30. The number of nitrogens with zero attached hydrogens (tertiary/aromatic N) is 5. The van der Waals surface area contributed by atoms with Crippen LogP contribution in [0, 0.1) is 5.82 Å². The van der Waals surface area contributed by atoms with E-state index in [4.69, 9.17) is 4.74 Å². The number of aryl methyl sites for hydroxylation is 1. The standard InChI is InChI=1S/C20H17BrFN5O2/c1-25-10-13(8-24-25)11-26(15-4-5-16(22)17(7-15)29-2)20(28)14-3-6-19-23-9-18(21)27(19)12-14/h3-10,12H,11H2,1-2H3. The van der Waals surface area contributed by atoms with Crippen LogP contribution in [0.5, 0.6) is 5.75 Å². The number of carbonyl (C=O) groups excluding carboxylic acids is 1. The molecule has 0 spiro atoms. The van der Waals surface area contributed by atoms with Crippen LogP contribution in [-0.4, -0.2) is 32.2 Å². The first-order valence-electron chi connectivity index (χ1n) is 8.72. The van der Waals surface area contributed by atoms with Gasteiger partial charge in [0.05, 0.1) is 31.6 Å². The zero-order chi connectivity index (χ0) is 20.5. The predicted molar refractivity (Wildman–Crippen MR) is 110 cm³/mol. The van der Waals surface area contributed by atoms with Crippen LogP contribution in [0.25, 0.3) is 5.65 Å². The van der Waals surface area contributed by atoms with Gasteiger partial charge < -0.3 is 9.64 Å². The molecule has 3 heterocycles. The Hall–Kier alpha value is -3.20. The summed E-state index contributed by atoms with van der Waals surface area (Å²) in [7, 11) is 3.20. The van der Waals surface area contributed by atoms with Crippen molar-refractivity contribution in [2.75, 3.05) is 12.0 Å². The fourth-order valence-electron chi connectivity index (χ4n) is 3.07. The van der Waals surface area contributed by atoms with Gasteiger partial charge in [0, 0.05) is 36.8 Å². The zero-order valence-electron chi connectivity index (χ0n) is 15.7. The number of fused-ring (bicyclic) bond motifs is 1. The number of ether oxygens (including phenoxy) is 1. The van der Waals surface area contributed by atoms with Crippen LogP contribution in [0.2, 0.25) is 0 Å². The third kappa shape index (κ3) is 3.73. The summed E-state index contributed by atoms with van der Waals surface area (Å²) in [5.41, 5.74) is 2.54. The molecule has 9 heteroatoms. The van der Waals surface area contributed by atoms with Gasteiger partial charge in [-0.3, -0.25) is 13.9 Å². The van der Waals surface area contributed by atoms with Crippen LogP contribution < -0.4 is 9.64 Å². The third-order valence-corrected chi connectivity index (χ3v) is 5.08. The minimum absolute atomic E-state index is 0.0688. The number of hydrogen-bond donors (Lipinski definition) is 0. The first kappa shape index (κ1) is 19.1. The van der Waals surface area contributed by atoms with Gasteiger partial charge in [0.25, 0.3) is 5.91 Å². The number of methoxy groups -OCH3 is 1. The molecule has 1 aromatic carbocycles. The average molecular weight is 458 g/mol. The van der Waals surface area contributed by atoms with E-state index in [1.165, 1.54) is 19.2 Å². The Morgan fingerprint density at radius 3 is 2.79 bits per heavy atom. The van der Waals surface area contributed by atoms with Crippen LogP contribution in [0.4, 0.5) is 10.1 Å². The number of benzene rings is 1. The summed E-state index contributed by atoms with van der Waals surface area (Å²) in [6.07, 6.45) is 6.90. The Labute approximate surface area is 174 Å². The number of amides is 1. The lowest BCUT2D eigenvalue weighted by molar-refractivity contribution is 0.0984. The van der Waals surface area contributed by atoms with E-state index >= 15 is 0 Å².